The van der Waals surface area contributed by atoms with Crippen LogP contribution in [0.25, 0.3) is 0 Å². The van der Waals surface area contributed by atoms with Gasteiger partial charge in [-0.3, -0.25) is 19.2 Å². The van der Waals surface area contributed by atoms with Crippen molar-refractivity contribution >= 4 is 17.5 Å². The lowest BCUT2D eigenvalue weighted by molar-refractivity contribution is -0.133. The van der Waals surface area contributed by atoms with Crippen LogP contribution in [0.4, 0.5) is 5.69 Å². The van der Waals surface area contributed by atoms with Crippen LogP contribution in [-0.4, -0.2) is 33.7 Å². The Morgan fingerprint density at radius 2 is 2.16 bits per heavy atom. The normalized spacial score (nSPS) is 27.6. The highest BCUT2D eigenvalue weighted by molar-refractivity contribution is 6.08. The molecule has 1 aliphatic heterocycles. The van der Waals surface area contributed by atoms with Gasteiger partial charge in [0.1, 0.15) is 12.1 Å². The molecule has 1 saturated heterocycles. The van der Waals surface area contributed by atoms with Crippen molar-refractivity contribution in [3.8, 4) is 0 Å². The first-order valence-corrected chi connectivity index (χ1v) is 6.77. The Bertz CT molecular complexity index is 520. The largest absolute Gasteiger partial charge is 0.342 e. The molecule has 0 spiro atoms. The second kappa shape index (κ2) is 4.36. The van der Waals surface area contributed by atoms with E-state index < -0.39 is 6.04 Å². The molecule has 6 heteroatoms. The fourth-order valence-corrected chi connectivity index (χ4v) is 2.54. The third-order valence-corrected chi connectivity index (χ3v) is 3.88. The summed E-state index contributed by atoms with van der Waals surface area (Å²) in [6.45, 7) is 4.48. The number of amides is 2. The van der Waals surface area contributed by atoms with Crippen molar-refractivity contribution in [2.75, 3.05) is 4.90 Å². The molecule has 1 aromatic heterocycles. The van der Waals surface area contributed by atoms with E-state index in [0.29, 0.717) is 11.6 Å². The molecule has 2 heterocycles. The SMILES string of the molecule is CCn1cc(N2C(=O)C(C3CC3)NC(=O)C2C)cn1. The number of hydrogen-bond acceptors (Lipinski definition) is 3. The van der Waals surface area contributed by atoms with Gasteiger partial charge in [-0.25, -0.2) is 0 Å². The zero-order valence-electron chi connectivity index (χ0n) is 11.2. The van der Waals surface area contributed by atoms with E-state index >= 15 is 0 Å². The van der Waals surface area contributed by atoms with Crippen LogP contribution in [0.15, 0.2) is 12.4 Å². The fourth-order valence-electron chi connectivity index (χ4n) is 2.54. The van der Waals surface area contributed by atoms with Crippen molar-refractivity contribution in [3.05, 3.63) is 12.4 Å². The van der Waals surface area contributed by atoms with E-state index in [0.717, 1.165) is 19.4 Å². The minimum Gasteiger partial charge on any atom is -0.342 e. The van der Waals surface area contributed by atoms with E-state index in [2.05, 4.69) is 10.4 Å². The average Bonchev–Trinajstić information content (AvgIpc) is 3.13. The monoisotopic (exact) mass is 262 g/mol. The Kier molecular flexibility index (Phi) is 2.80. The van der Waals surface area contributed by atoms with Gasteiger partial charge in [-0.1, -0.05) is 0 Å². The zero-order chi connectivity index (χ0) is 13.6. The molecule has 2 amide bonds. The molecule has 19 heavy (non-hydrogen) atoms. The Balaban J connectivity index is 1.91. The summed E-state index contributed by atoms with van der Waals surface area (Å²) in [5.41, 5.74) is 0.708. The number of nitrogens with zero attached hydrogens (tertiary/aromatic N) is 3. The summed E-state index contributed by atoms with van der Waals surface area (Å²) in [4.78, 5) is 26.1. The summed E-state index contributed by atoms with van der Waals surface area (Å²) in [7, 11) is 0. The molecule has 102 valence electrons. The topological polar surface area (TPSA) is 67.2 Å². The molecule has 1 aliphatic carbocycles. The first-order valence-electron chi connectivity index (χ1n) is 6.77. The van der Waals surface area contributed by atoms with Crippen LogP contribution in [0, 0.1) is 5.92 Å². The molecule has 2 aliphatic rings. The second-order valence-electron chi connectivity index (χ2n) is 5.26. The van der Waals surface area contributed by atoms with Gasteiger partial charge in [-0.05, 0) is 32.6 Å². The van der Waals surface area contributed by atoms with Crippen LogP contribution in [0.3, 0.4) is 0 Å². The van der Waals surface area contributed by atoms with Crippen LogP contribution in [0.2, 0.25) is 0 Å². The predicted octanol–water partition coefficient (Wildman–Crippen LogP) is 0.533. The van der Waals surface area contributed by atoms with Crippen molar-refractivity contribution in [1.82, 2.24) is 15.1 Å². The first-order chi connectivity index (χ1) is 9.11. The lowest BCUT2D eigenvalue weighted by Crippen LogP contribution is -2.63. The number of nitrogens with one attached hydrogen (secondary N) is 1. The first kappa shape index (κ1) is 12.2. The number of hydrogen-bond donors (Lipinski definition) is 1. The van der Waals surface area contributed by atoms with Crippen LogP contribution < -0.4 is 10.2 Å². The minimum absolute atomic E-state index is 0.00902. The van der Waals surface area contributed by atoms with Crippen LogP contribution in [0.1, 0.15) is 26.7 Å². The number of carbonyl (C=O) groups excluding carboxylic acids is 2. The maximum Gasteiger partial charge on any atom is 0.250 e. The number of aromatic nitrogens is 2. The lowest BCUT2D eigenvalue weighted by Gasteiger charge is -2.36. The standard InChI is InChI=1S/C13H18N4O2/c1-3-16-7-10(6-14-16)17-8(2)12(18)15-11(13(17)19)9-4-5-9/h6-9,11H,3-5H2,1-2H3,(H,15,18). The maximum absolute atomic E-state index is 12.5. The van der Waals surface area contributed by atoms with Crippen molar-refractivity contribution < 1.29 is 9.59 Å². The van der Waals surface area contributed by atoms with Crippen molar-refractivity contribution in [3.63, 3.8) is 0 Å². The number of piperazine rings is 1. The van der Waals surface area contributed by atoms with E-state index in [-0.39, 0.29) is 17.9 Å². The lowest BCUT2D eigenvalue weighted by atomic mass is 10.0. The summed E-state index contributed by atoms with van der Waals surface area (Å²) in [6, 6.07) is -0.828. The molecule has 2 unspecified atom stereocenters. The third-order valence-electron chi connectivity index (χ3n) is 3.88. The molecule has 0 radical (unpaired) electrons. The van der Waals surface area contributed by atoms with E-state index in [1.54, 1.807) is 22.7 Å². The molecule has 0 aromatic carbocycles. The number of rotatable bonds is 3. The predicted molar refractivity (Wildman–Crippen MR) is 69.5 cm³/mol. The smallest absolute Gasteiger partial charge is 0.250 e. The summed E-state index contributed by atoms with van der Waals surface area (Å²) < 4.78 is 1.76. The highest BCUT2D eigenvalue weighted by atomic mass is 16.2. The summed E-state index contributed by atoms with van der Waals surface area (Å²) in [6.07, 6.45) is 5.51. The van der Waals surface area contributed by atoms with Gasteiger partial charge >= 0.3 is 0 Å². The van der Waals surface area contributed by atoms with E-state index in [1.807, 2.05) is 13.1 Å². The van der Waals surface area contributed by atoms with Gasteiger partial charge < -0.3 is 5.32 Å². The highest BCUT2D eigenvalue weighted by Crippen LogP contribution is 2.36. The highest BCUT2D eigenvalue weighted by Gasteiger charge is 2.46. The summed E-state index contributed by atoms with van der Waals surface area (Å²) >= 11 is 0. The molecule has 1 N–H and O–H groups in total. The maximum atomic E-state index is 12.5. The zero-order valence-corrected chi connectivity index (χ0v) is 11.2. The Morgan fingerprint density at radius 3 is 2.74 bits per heavy atom. The van der Waals surface area contributed by atoms with Crippen LogP contribution in [-0.2, 0) is 16.1 Å². The second-order valence-corrected chi connectivity index (χ2v) is 5.26. The van der Waals surface area contributed by atoms with Gasteiger partial charge in [0.15, 0.2) is 0 Å². The molecular weight excluding hydrogens is 244 g/mol. The summed E-state index contributed by atoms with van der Waals surface area (Å²) in [5, 5.41) is 7.02. The fraction of sp³-hybridized carbons (Fsp3) is 0.615. The Labute approximate surface area is 111 Å². The molecule has 2 fully saturated rings. The molecule has 3 rings (SSSR count). The van der Waals surface area contributed by atoms with Gasteiger partial charge in [-0.15, -0.1) is 0 Å². The molecular formula is C13H18N4O2. The molecule has 1 saturated carbocycles. The van der Waals surface area contributed by atoms with E-state index in [1.165, 1.54) is 0 Å². The Morgan fingerprint density at radius 1 is 1.42 bits per heavy atom. The van der Waals surface area contributed by atoms with Crippen molar-refractivity contribution in [2.24, 2.45) is 5.92 Å². The van der Waals surface area contributed by atoms with Gasteiger partial charge in [0.05, 0.1) is 11.9 Å². The number of anilines is 1. The van der Waals surface area contributed by atoms with E-state index in [4.69, 9.17) is 0 Å². The van der Waals surface area contributed by atoms with E-state index in [9.17, 15) is 9.59 Å². The molecule has 1 aromatic rings. The minimum atomic E-state index is -0.475. The molecule has 0 bridgehead atoms. The van der Waals surface area contributed by atoms with Gasteiger partial charge in [-0.2, -0.15) is 5.10 Å². The quantitative estimate of drug-likeness (QED) is 0.864. The summed E-state index contributed by atoms with van der Waals surface area (Å²) in [5.74, 6) is 0.221. The van der Waals surface area contributed by atoms with Crippen molar-refractivity contribution in [2.45, 2.75) is 45.3 Å². The van der Waals surface area contributed by atoms with Gasteiger partial charge in [0.25, 0.3) is 5.91 Å². The number of aryl methyl sites for hydroxylation is 1. The molecule has 6 nitrogen and oxygen atoms in total. The third kappa shape index (κ3) is 2.01. The van der Waals surface area contributed by atoms with Gasteiger partial charge in [0.2, 0.25) is 5.91 Å². The molecule has 2 atom stereocenters. The Hall–Kier alpha value is -1.85. The van der Waals surface area contributed by atoms with Crippen LogP contribution >= 0.6 is 0 Å². The van der Waals surface area contributed by atoms with Crippen LogP contribution in [0.5, 0.6) is 0 Å². The average molecular weight is 262 g/mol. The van der Waals surface area contributed by atoms with Gasteiger partial charge in [0, 0.05) is 12.7 Å². The van der Waals surface area contributed by atoms with Crippen molar-refractivity contribution in [1.29, 1.82) is 0 Å². The number of carbonyl (C=O) groups is 2.